The molecule has 5 aromatic rings. The Morgan fingerprint density at radius 3 is 2.05 bits per heavy atom. The van der Waals surface area contributed by atoms with E-state index in [1.807, 2.05) is 78.9 Å². The molecule has 2 aromatic heterocycles. The molecule has 0 spiro atoms. The molecule has 0 bridgehead atoms. The van der Waals surface area contributed by atoms with Crippen LogP contribution in [0.25, 0.3) is 33.0 Å². The summed E-state index contributed by atoms with van der Waals surface area (Å²) in [7, 11) is 0. The van der Waals surface area contributed by atoms with Crippen molar-refractivity contribution in [3.63, 3.8) is 0 Å². The van der Waals surface area contributed by atoms with Crippen LogP contribution in [-0.4, -0.2) is 37.8 Å². The van der Waals surface area contributed by atoms with Gasteiger partial charge in [-0.15, -0.1) is 0 Å². The van der Waals surface area contributed by atoms with Crippen molar-refractivity contribution < 1.29 is 9.90 Å². The van der Waals surface area contributed by atoms with E-state index in [2.05, 4.69) is 27.4 Å². The van der Waals surface area contributed by atoms with Crippen LogP contribution in [0.2, 0.25) is 0 Å². The Morgan fingerprint density at radius 1 is 0.919 bits per heavy atom. The lowest BCUT2D eigenvalue weighted by atomic mass is 10.1. The lowest BCUT2D eigenvalue weighted by Crippen LogP contribution is -2.13. The second-order valence-electron chi connectivity index (χ2n) is 8.33. The minimum absolute atomic E-state index is 0.120. The van der Waals surface area contributed by atoms with Crippen LogP contribution in [-0.2, 0) is 4.79 Å². The zero-order chi connectivity index (χ0) is 26.0. The Bertz CT molecular complexity index is 1340. The van der Waals surface area contributed by atoms with Gasteiger partial charge in [-0.25, -0.2) is 9.97 Å². The van der Waals surface area contributed by atoms with Gasteiger partial charge in [0.2, 0.25) is 5.91 Å². The smallest absolute Gasteiger partial charge is 0.236 e. The number of benzene rings is 3. The van der Waals surface area contributed by atoms with E-state index < -0.39 is 0 Å². The molecule has 0 saturated heterocycles. The summed E-state index contributed by atoms with van der Waals surface area (Å²) in [5.74, 6) is 0.119. The summed E-state index contributed by atoms with van der Waals surface area (Å²) in [6.07, 6.45) is 1.62. The van der Waals surface area contributed by atoms with Gasteiger partial charge in [0.15, 0.2) is 10.3 Å². The topological polar surface area (TPSA) is 90.9 Å². The highest BCUT2D eigenvalue weighted by Crippen LogP contribution is 2.39. The van der Waals surface area contributed by atoms with E-state index >= 15 is 0 Å². The molecule has 0 radical (unpaired) electrons. The van der Waals surface area contributed by atoms with Crippen LogP contribution in [0.5, 0.6) is 0 Å². The molecule has 8 heteroatoms. The van der Waals surface area contributed by atoms with E-state index in [-0.39, 0.29) is 17.8 Å². The fraction of sp³-hybridized carbons (Fsp3) is 0.138. The standard InChI is InChI=1S/C26H20N4OS2.C3H8O/c31-22(17-32-25-27-16-21(28-25)18-10-4-1-5-11-18)29-26-30-23(19-12-6-2-7-13-19)24(33-26)20-14-8-3-9-15-20;1-3(2)4/h1-16H,17H2,(H,27,28)(H,29,30,31);3-4H,1-2H3. The van der Waals surface area contributed by atoms with E-state index in [9.17, 15) is 4.79 Å². The number of nitrogens with one attached hydrogen (secondary N) is 2. The first-order valence-electron chi connectivity index (χ1n) is 11.8. The largest absolute Gasteiger partial charge is 0.394 e. The Balaban J connectivity index is 0.000000747. The molecule has 2 heterocycles. The molecule has 6 nitrogen and oxygen atoms in total. The lowest BCUT2D eigenvalue weighted by molar-refractivity contribution is -0.113. The van der Waals surface area contributed by atoms with Crippen molar-refractivity contribution in [2.24, 2.45) is 0 Å². The van der Waals surface area contributed by atoms with Crippen LogP contribution in [0.4, 0.5) is 5.13 Å². The van der Waals surface area contributed by atoms with Gasteiger partial charge in [0.25, 0.3) is 0 Å². The van der Waals surface area contributed by atoms with Crippen molar-refractivity contribution in [1.29, 1.82) is 0 Å². The summed E-state index contributed by atoms with van der Waals surface area (Å²) in [6.45, 7) is 3.44. The van der Waals surface area contributed by atoms with E-state index in [0.717, 1.165) is 33.0 Å². The number of carbonyl (C=O) groups is 1. The van der Waals surface area contributed by atoms with Gasteiger partial charge in [-0.05, 0) is 25.0 Å². The predicted molar refractivity (Wildman–Crippen MR) is 154 cm³/mol. The monoisotopic (exact) mass is 528 g/mol. The highest BCUT2D eigenvalue weighted by Gasteiger charge is 2.16. The third-order valence-corrected chi connectivity index (χ3v) is 6.84. The van der Waals surface area contributed by atoms with Crippen molar-refractivity contribution in [2.45, 2.75) is 25.1 Å². The maximum atomic E-state index is 12.6. The second kappa shape index (κ2) is 13.0. The molecule has 0 aliphatic rings. The van der Waals surface area contributed by atoms with Gasteiger partial charge in [-0.2, -0.15) is 0 Å². The third kappa shape index (κ3) is 7.63. The number of thiazole rings is 1. The Morgan fingerprint density at radius 2 is 1.46 bits per heavy atom. The third-order valence-electron chi connectivity index (χ3n) is 4.93. The number of H-pyrrole nitrogens is 1. The molecule has 3 N–H and O–H groups in total. The molecule has 37 heavy (non-hydrogen) atoms. The fourth-order valence-electron chi connectivity index (χ4n) is 3.38. The molecular formula is C29H28N4O2S2. The van der Waals surface area contributed by atoms with Gasteiger partial charge in [0.1, 0.15) is 0 Å². The summed E-state index contributed by atoms with van der Waals surface area (Å²) in [5, 5.41) is 12.3. The molecule has 0 fully saturated rings. The number of aliphatic hydroxyl groups excluding tert-OH is 1. The number of carbonyl (C=O) groups excluding carboxylic acids is 1. The van der Waals surface area contributed by atoms with Gasteiger partial charge in [0, 0.05) is 11.7 Å². The van der Waals surface area contributed by atoms with Gasteiger partial charge >= 0.3 is 0 Å². The van der Waals surface area contributed by atoms with Crippen molar-refractivity contribution in [2.75, 3.05) is 11.1 Å². The second-order valence-corrected chi connectivity index (χ2v) is 10.3. The molecule has 0 aliphatic carbocycles. The van der Waals surface area contributed by atoms with Crippen LogP contribution in [0.3, 0.4) is 0 Å². The van der Waals surface area contributed by atoms with E-state index in [4.69, 9.17) is 10.1 Å². The first kappa shape index (κ1) is 26.3. The van der Waals surface area contributed by atoms with Crippen molar-refractivity contribution >= 4 is 34.1 Å². The minimum Gasteiger partial charge on any atom is -0.394 e. The number of rotatable bonds is 7. The fourth-order valence-corrected chi connectivity index (χ4v) is 5.04. The molecule has 0 aliphatic heterocycles. The number of aromatic amines is 1. The molecule has 3 aromatic carbocycles. The number of aliphatic hydroxyl groups is 1. The highest BCUT2D eigenvalue weighted by molar-refractivity contribution is 7.99. The van der Waals surface area contributed by atoms with Crippen LogP contribution >= 0.6 is 23.1 Å². The van der Waals surface area contributed by atoms with Crippen LogP contribution in [0, 0.1) is 0 Å². The molecule has 5 rings (SSSR count). The summed E-state index contributed by atoms with van der Waals surface area (Å²) in [6, 6.07) is 30.1. The van der Waals surface area contributed by atoms with Gasteiger partial charge in [-0.3, -0.25) is 4.79 Å². The molecule has 0 unspecified atom stereocenters. The first-order valence-corrected chi connectivity index (χ1v) is 13.6. The molecular weight excluding hydrogens is 500 g/mol. The lowest BCUT2D eigenvalue weighted by Gasteiger charge is -2.02. The number of anilines is 1. The van der Waals surface area contributed by atoms with Crippen molar-refractivity contribution in [1.82, 2.24) is 15.0 Å². The minimum atomic E-state index is -0.167. The maximum absolute atomic E-state index is 12.6. The first-order chi connectivity index (χ1) is 18.0. The van der Waals surface area contributed by atoms with E-state index in [1.165, 1.54) is 23.1 Å². The van der Waals surface area contributed by atoms with E-state index in [0.29, 0.717) is 10.3 Å². The SMILES string of the molecule is CC(C)O.O=C(CSc1ncc(-c2ccccc2)[nH]1)Nc1nc(-c2ccccc2)c(-c2ccccc2)s1. The number of imidazole rings is 1. The Kier molecular flexibility index (Phi) is 9.26. The summed E-state index contributed by atoms with van der Waals surface area (Å²) in [5.41, 5.74) is 4.96. The number of thioether (sulfide) groups is 1. The number of aromatic nitrogens is 3. The molecule has 188 valence electrons. The average Bonchev–Trinajstić information content (AvgIpc) is 3.56. The summed E-state index contributed by atoms with van der Waals surface area (Å²) in [4.78, 5) is 26.1. The normalized spacial score (nSPS) is 10.6. The zero-order valence-electron chi connectivity index (χ0n) is 20.6. The summed E-state index contributed by atoms with van der Waals surface area (Å²) >= 11 is 2.85. The van der Waals surface area contributed by atoms with Crippen molar-refractivity contribution in [3.05, 3.63) is 97.2 Å². The molecule has 0 saturated carbocycles. The van der Waals surface area contributed by atoms with Crippen LogP contribution in [0.1, 0.15) is 13.8 Å². The van der Waals surface area contributed by atoms with E-state index in [1.54, 1.807) is 20.0 Å². The highest BCUT2D eigenvalue weighted by atomic mass is 32.2. The predicted octanol–water partition coefficient (Wildman–Crippen LogP) is 6.99. The zero-order valence-corrected chi connectivity index (χ0v) is 22.2. The van der Waals surface area contributed by atoms with Gasteiger partial charge in [0.05, 0.1) is 28.2 Å². The molecule has 0 atom stereocenters. The van der Waals surface area contributed by atoms with Crippen LogP contribution in [0.15, 0.2) is 102 Å². The number of amides is 1. The average molecular weight is 529 g/mol. The number of hydrogen-bond acceptors (Lipinski definition) is 6. The van der Waals surface area contributed by atoms with Gasteiger partial charge in [-0.1, -0.05) is 114 Å². The number of nitrogens with zero attached hydrogens (tertiary/aromatic N) is 2. The maximum Gasteiger partial charge on any atom is 0.236 e. The van der Waals surface area contributed by atoms with Crippen molar-refractivity contribution in [3.8, 4) is 33.0 Å². The Labute approximate surface area is 224 Å². The Hall–Kier alpha value is -3.72. The van der Waals surface area contributed by atoms with Gasteiger partial charge < -0.3 is 15.4 Å². The van der Waals surface area contributed by atoms with Crippen LogP contribution < -0.4 is 5.32 Å². The summed E-state index contributed by atoms with van der Waals surface area (Å²) < 4.78 is 0. The molecule has 1 amide bonds. The number of hydrogen-bond donors (Lipinski definition) is 3. The quantitative estimate of drug-likeness (QED) is 0.198.